The van der Waals surface area contributed by atoms with E-state index in [4.69, 9.17) is 10.8 Å². The summed E-state index contributed by atoms with van der Waals surface area (Å²) in [6, 6.07) is 7.77. The van der Waals surface area contributed by atoms with E-state index >= 15 is 0 Å². The van der Waals surface area contributed by atoms with E-state index in [-0.39, 0.29) is 16.9 Å². The standard InChI is InChI=1S/C15H14BrFN2O2/c1-2-8-5-9(16)3-4-13(8)19-14-6-10(15(20)21)12(18)7-11(14)17/h3-7,19H,2,18H2,1H3,(H,20,21). The fourth-order valence-corrected chi connectivity index (χ4v) is 2.40. The molecule has 0 fully saturated rings. The number of nitrogen functional groups attached to an aromatic ring is 1. The van der Waals surface area contributed by atoms with Crippen LogP contribution in [0.3, 0.4) is 0 Å². The molecule has 0 unspecified atom stereocenters. The molecule has 21 heavy (non-hydrogen) atoms. The number of hydrogen-bond donors (Lipinski definition) is 3. The Morgan fingerprint density at radius 3 is 2.67 bits per heavy atom. The number of aromatic carboxylic acids is 1. The minimum atomic E-state index is -1.19. The summed E-state index contributed by atoms with van der Waals surface area (Å²) < 4.78 is 14.9. The third-order valence-electron chi connectivity index (χ3n) is 3.09. The van der Waals surface area contributed by atoms with Crippen LogP contribution in [0.5, 0.6) is 0 Å². The van der Waals surface area contributed by atoms with E-state index in [1.54, 1.807) is 6.07 Å². The van der Waals surface area contributed by atoms with Crippen molar-refractivity contribution in [3.8, 4) is 0 Å². The van der Waals surface area contributed by atoms with Crippen LogP contribution in [0.15, 0.2) is 34.8 Å². The highest BCUT2D eigenvalue weighted by Gasteiger charge is 2.14. The molecule has 4 nitrogen and oxygen atoms in total. The first-order chi connectivity index (χ1) is 9.92. The molecule has 0 radical (unpaired) electrons. The van der Waals surface area contributed by atoms with Crippen LogP contribution in [0.2, 0.25) is 0 Å². The SMILES string of the molecule is CCc1cc(Br)ccc1Nc1cc(C(=O)O)c(N)cc1F. The second-order valence-corrected chi connectivity index (χ2v) is 5.42. The number of rotatable bonds is 4. The van der Waals surface area contributed by atoms with Gasteiger partial charge in [-0.05, 0) is 42.3 Å². The largest absolute Gasteiger partial charge is 0.478 e. The lowest BCUT2D eigenvalue weighted by molar-refractivity contribution is 0.0698. The normalized spacial score (nSPS) is 10.4. The van der Waals surface area contributed by atoms with E-state index in [2.05, 4.69) is 21.2 Å². The Labute approximate surface area is 129 Å². The highest BCUT2D eigenvalue weighted by Crippen LogP contribution is 2.29. The molecule has 0 aliphatic heterocycles. The lowest BCUT2D eigenvalue weighted by Crippen LogP contribution is -2.06. The first kappa shape index (κ1) is 15.3. The van der Waals surface area contributed by atoms with Crippen molar-refractivity contribution in [1.29, 1.82) is 0 Å². The summed E-state index contributed by atoms with van der Waals surface area (Å²) in [5, 5.41) is 12.0. The number of carbonyl (C=O) groups is 1. The van der Waals surface area contributed by atoms with E-state index in [9.17, 15) is 9.18 Å². The Balaban J connectivity index is 2.44. The summed E-state index contributed by atoms with van der Waals surface area (Å²) in [6.07, 6.45) is 0.754. The first-order valence-electron chi connectivity index (χ1n) is 6.30. The zero-order valence-electron chi connectivity index (χ0n) is 11.3. The monoisotopic (exact) mass is 352 g/mol. The van der Waals surface area contributed by atoms with E-state index in [0.29, 0.717) is 0 Å². The van der Waals surface area contributed by atoms with Gasteiger partial charge in [-0.3, -0.25) is 0 Å². The summed E-state index contributed by atoms with van der Waals surface area (Å²) in [4.78, 5) is 11.1. The zero-order chi connectivity index (χ0) is 15.6. The Morgan fingerprint density at radius 2 is 2.05 bits per heavy atom. The maximum atomic E-state index is 13.9. The van der Waals surface area contributed by atoms with Gasteiger partial charge in [0.15, 0.2) is 0 Å². The quantitative estimate of drug-likeness (QED) is 0.721. The molecule has 0 aliphatic carbocycles. The number of hydrogen-bond acceptors (Lipinski definition) is 3. The first-order valence-corrected chi connectivity index (χ1v) is 7.09. The van der Waals surface area contributed by atoms with E-state index in [1.807, 2.05) is 19.1 Å². The number of carboxylic acids is 1. The molecule has 0 atom stereocenters. The number of anilines is 3. The van der Waals surface area contributed by atoms with Crippen molar-refractivity contribution in [1.82, 2.24) is 0 Å². The molecule has 0 saturated carbocycles. The number of nitrogens with one attached hydrogen (secondary N) is 1. The summed E-state index contributed by atoms with van der Waals surface area (Å²) in [6.45, 7) is 1.98. The Morgan fingerprint density at radius 1 is 1.33 bits per heavy atom. The van der Waals surface area contributed by atoms with Gasteiger partial charge in [0.05, 0.1) is 11.3 Å². The van der Waals surface area contributed by atoms with Crippen molar-refractivity contribution in [2.75, 3.05) is 11.1 Å². The molecule has 2 aromatic rings. The molecule has 0 amide bonds. The third kappa shape index (κ3) is 3.33. The predicted octanol–water partition coefficient (Wildman–Crippen LogP) is 4.17. The second-order valence-electron chi connectivity index (χ2n) is 4.50. The lowest BCUT2D eigenvalue weighted by atomic mass is 10.1. The van der Waals surface area contributed by atoms with Gasteiger partial charge in [0.2, 0.25) is 0 Å². The molecule has 0 aliphatic rings. The fourth-order valence-electron chi connectivity index (χ4n) is 1.99. The second kappa shape index (κ2) is 6.13. The fraction of sp³-hybridized carbons (Fsp3) is 0.133. The molecule has 0 bridgehead atoms. The highest BCUT2D eigenvalue weighted by molar-refractivity contribution is 9.10. The molecule has 6 heteroatoms. The lowest BCUT2D eigenvalue weighted by Gasteiger charge is -2.13. The molecule has 0 heterocycles. The molecule has 0 saturated heterocycles. The summed E-state index contributed by atoms with van der Waals surface area (Å²) >= 11 is 3.38. The van der Waals surface area contributed by atoms with Gasteiger partial charge in [-0.25, -0.2) is 9.18 Å². The van der Waals surface area contributed by atoms with Crippen LogP contribution in [-0.2, 0) is 6.42 Å². The average molecular weight is 353 g/mol. The number of carboxylic acid groups (broad SMARTS) is 1. The number of benzene rings is 2. The molecule has 2 rings (SSSR count). The van der Waals surface area contributed by atoms with Gasteiger partial charge in [0.25, 0.3) is 0 Å². The summed E-state index contributed by atoms with van der Waals surface area (Å²) in [7, 11) is 0. The molecule has 110 valence electrons. The van der Waals surface area contributed by atoms with Crippen LogP contribution in [0, 0.1) is 5.82 Å². The van der Waals surface area contributed by atoms with E-state index < -0.39 is 11.8 Å². The number of halogens is 2. The smallest absolute Gasteiger partial charge is 0.337 e. The maximum Gasteiger partial charge on any atom is 0.337 e. The summed E-state index contributed by atoms with van der Waals surface area (Å²) in [5.41, 5.74) is 7.06. The topological polar surface area (TPSA) is 75.3 Å². The zero-order valence-corrected chi connectivity index (χ0v) is 12.9. The van der Waals surface area contributed by atoms with E-state index in [1.165, 1.54) is 6.07 Å². The van der Waals surface area contributed by atoms with Gasteiger partial charge in [-0.1, -0.05) is 22.9 Å². The van der Waals surface area contributed by atoms with Gasteiger partial charge in [-0.15, -0.1) is 0 Å². The van der Waals surface area contributed by atoms with Crippen LogP contribution in [0.1, 0.15) is 22.8 Å². The summed E-state index contributed by atoms with van der Waals surface area (Å²) in [5.74, 6) is -1.79. The van der Waals surface area contributed by atoms with Gasteiger partial charge in [0, 0.05) is 15.8 Å². The molecule has 2 aromatic carbocycles. The van der Waals surface area contributed by atoms with Crippen molar-refractivity contribution in [2.45, 2.75) is 13.3 Å². The van der Waals surface area contributed by atoms with Crippen LogP contribution in [0.25, 0.3) is 0 Å². The van der Waals surface area contributed by atoms with Crippen LogP contribution in [0.4, 0.5) is 21.5 Å². The Kier molecular flexibility index (Phi) is 4.47. The molecule has 4 N–H and O–H groups in total. The molecule has 0 spiro atoms. The van der Waals surface area contributed by atoms with Crippen LogP contribution in [-0.4, -0.2) is 11.1 Å². The molecular formula is C15H14BrFN2O2. The highest BCUT2D eigenvalue weighted by atomic mass is 79.9. The molecular weight excluding hydrogens is 339 g/mol. The van der Waals surface area contributed by atoms with Crippen molar-refractivity contribution < 1.29 is 14.3 Å². The number of aryl methyl sites for hydroxylation is 1. The van der Waals surface area contributed by atoms with Gasteiger partial charge >= 0.3 is 5.97 Å². The van der Waals surface area contributed by atoms with E-state index in [0.717, 1.165) is 28.2 Å². The van der Waals surface area contributed by atoms with Crippen LogP contribution >= 0.6 is 15.9 Å². The van der Waals surface area contributed by atoms with Gasteiger partial charge < -0.3 is 16.2 Å². The maximum absolute atomic E-state index is 13.9. The number of nitrogens with two attached hydrogens (primary N) is 1. The van der Waals surface area contributed by atoms with Crippen molar-refractivity contribution in [3.63, 3.8) is 0 Å². The van der Waals surface area contributed by atoms with Gasteiger partial charge in [0.1, 0.15) is 5.82 Å². The average Bonchev–Trinajstić information content (AvgIpc) is 2.42. The minimum Gasteiger partial charge on any atom is -0.478 e. The Hall–Kier alpha value is -2.08. The predicted molar refractivity (Wildman–Crippen MR) is 84.6 cm³/mol. The van der Waals surface area contributed by atoms with Crippen molar-refractivity contribution in [2.24, 2.45) is 0 Å². The van der Waals surface area contributed by atoms with Crippen LogP contribution < -0.4 is 11.1 Å². The minimum absolute atomic E-state index is 0.0821. The Bertz CT molecular complexity index is 704. The van der Waals surface area contributed by atoms with Crippen molar-refractivity contribution >= 4 is 39.0 Å². The third-order valence-corrected chi connectivity index (χ3v) is 3.58. The molecule has 0 aromatic heterocycles. The van der Waals surface area contributed by atoms with Gasteiger partial charge in [-0.2, -0.15) is 0 Å². The van der Waals surface area contributed by atoms with Crippen molar-refractivity contribution in [3.05, 3.63) is 51.7 Å².